The van der Waals surface area contributed by atoms with Crippen molar-refractivity contribution >= 4 is 5.91 Å². The molecule has 0 heterocycles. The highest BCUT2D eigenvalue weighted by molar-refractivity contribution is 5.80. The average Bonchev–Trinajstić information content (AvgIpc) is 2.37. The summed E-state index contributed by atoms with van der Waals surface area (Å²) in [6.45, 7) is 2.71. The Morgan fingerprint density at radius 1 is 1.41 bits per heavy atom. The Morgan fingerprint density at radius 2 is 2.12 bits per heavy atom. The molecule has 0 saturated heterocycles. The summed E-state index contributed by atoms with van der Waals surface area (Å²) in [7, 11) is 0. The average molecular weight is 237 g/mol. The standard InChI is InChI=1S/C13H19NO3/c1-11(13(16)14-8-5-9-15)17-10-12-6-3-2-4-7-12/h2-4,6-7,11,15H,5,8-10H2,1H3,(H,14,16). The monoisotopic (exact) mass is 237 g/mol. The third kappa shape index (κ3) is 5.47. The van der Waals surface area contributed by atoms with E-state index in [0.717, 1.165) is 5.56 Å². The molecular formula is C13H19NO3. The molecule has 0 fully saturated rings. The molecule has 1 aromatic rings. The van der Waals surface area contributed by atoms with Crippen molar-refractivity contribution in [1.82, 2.24) is 5.32 Å². The lowest BCUT2D eigenvalue weighted by Crippen LogP contribution is -2.35. The van der Waals surface area contributed by atoms with Crippen LogP contribution in [0.3, 0.4) is 0 Å². The first kappa shape index (κ1) is 13.7. The maximum absolute atomic E-state index is 11.5. The van der Waals surface area contributed by atoms with Gasteiger partial charge in [0.05, 0.1) is 6.61 Å². The number of benzene rings is 1. The van der Waals surface area contributed by atoms with E-state index in [1.165, 1.54) is 0 Å². The van der Waals surface area contributed by atoms with Gasteiger partial charge in [0.1, 0.15) is 6.10 Å². The molecule has 1 unspecified atom stereocenters. The molecule has 0 aromatic heterocycles. The van der Waals surface area contributed by atoms with Crippen molar-refractivity contribution in [1.29, 1.82) is 0 Å². The van der Waals surface area contributed by atoms with E-state index in [2.05, 4.69) is 5.32 Å². The summed E-state index contributed by atoms with van der Waals surface area (Å²) in [6.07, 6.45) is 0.0887. The Hall–Kier alpha value is -1.39. The van der Waals surface area contributed by atoms with Crippen LogP contribution in [-0.4, -0.2) is 30.3 Å². The molecule has 0 aliphatic rings. The number of amides is 1. The minimum absolute atomic E-state index is 0.0829. The Kier molecular flexibility index (Phi) is 6.29. The van der Waals surface area contributed by atoms with Crippen LogP contribution in [-0.2, 0) is 16.1 Å². The van der Waals surface area contributed by atoms with Crippen LogP contribution < -0.4 is 5.32 Å². The number of aliphatic hydroxyl groups excluding tert-OH is 1. The van der Waals surface area contributed by atoms with Crippen LogP contribution in [0.4, 0.5) is 0 Å². The largest absolute Gasteiger partial charge is 0.396 e. The van der Waals surface area contributed by atoms with Gasteiger partial charge in [0, 0.05) is 13.2 Å². The van der Waals surface area contributed by atoms with Gasteiger partial charge >= 0.3 is 0 Å². The van der Waals surface area contributed by atoms with Crippen molar-refractivity contribution in [2.75, 3.05) is 13.2 Å². The topological polar surface area (TPSA) is 58.6 Å². The lowest BCUT2D eigenvalue weighted by atomic mass is 10.2. The fourth-order valence-corrected chi connectivity index (χ4v) is 1.31. The molecule has 4 heteroatoms. The third-order valence-corrected chi connectivity index (χ3v) is 2.35. The zero-order chi connectivity index (χ0) is 12.5. The molecule has 1 aromatic carbocycles. The summed E-state index contributed by atoms with van der Waals surface area (Å²) >= 11 is 0. The summed E-state index contributed by atoms with van der Waals surface area (Å²) in [5.41, 5.74) is 1.04. The van der Waals surface area contributed by atoms with Crippen molar-refractivity contribution in [2.45, 2.75) is 26.1 Å². The SMILES string of the molecule is CC(OCc1ccccc1)C(=O)NCCCO. The van der Waals surface area contributed by atoms with Crippen LogP contribution >= 0.6 is 0 Å². The smallest absolute Gasteiger partial charge is 0.248 e. The zero-order valence-corrected chi connectivity index (χ0v) is 10.1. The number of rotatable bonds is 7. The predicted molar refractivity (Wildman–Crippen MR) is 65.4 cm³/mol. The Bertz CT molecular complexity index is 327. The maximum Gasteiger partial charge on any atom is 0.248 e. The first-order chi connectivity index (χ1) is 8.24. The molecule has 0 aliphatic heterocycles. The van der Waals surface area contributed by atoms with Crippen molar-refractivity contribution in [3.8, 4) is 0 Å². The Labute approximate surface area is 102 Å². The maximum atomic E-state index is 11.5. The van der Waals surface area contributed by atoms with Crippen LogP contribution in [0, 0.1) is 0 Å². The molecule has 1 amide bonds. The minimum atomic E-state index is -0.478. The van der Waals surface area contributed by atoms with Crippen molar-refractivity contribution in [3.05, 3.63) is 35.9 Å². The molecule has 4 nitrogen and oxygen atoms in total. The highest BCUT2D eigenvalue weighted by Gasteiger charge is 2.12. The zero-order valence-electron chi connectivity index (χ0n) is 10.1. The van der Waals surface area contributed by atoms with Gasteiger partial charge in [-0.3, -0.25) is 4.79 Å². The molecule has 0 bridgehead atoms. The van der Waals surface area contributed by atoms with Gasteiger partial charge in [-0.15, -0.1) is 0 Å². The number of carbonyl (C=O) groups is 1. The van der Waals surface area contributed by atoms with Crippen LogP contribution in [0.25, 0.3) is 0 Å². The molecule has 94 valence electrons. The number of aliphatic hydroxyl groups is 1. The highest BCUT2D eigenvalue weighted by Crippen LogP contribution is 2.03. The number of hydrogen-bond donors (Lipinski definition) is 2. The van der Waals surface area contributed by atoms with Crippen molar-refractivity contribution < 1.29 is 14.6 Å². The van der Waals surface area contributed by atoms with Crippen LogP contribution in [0.1, 0.15) is 18.9 Å². The summed E-state index contributed by atoms with van der Waals surface area (Å²) < 4.78 is 5.45. The molecular weight excluding hydrogens is 218 g/mol. The Balaban J connectivity index is 2.24. The first-order valence-corrected chi connectivity index (χ1v) is 5.78. The van der Waals surface area contributed by atoms with Gasteiger partial charge in [0.2, 0.25) is 5.91 Å². The van der Waals surface area contributed by atoms with E-state index in [9.17, 15) is 4.79 Å². The van der Waals surface area contributed by atoms with Crippen molar-refractivity contribution in [2.24, 2.45) is 0 Å². The third-order valence-electron chi connectivity index (χ3n) is 2.35. The fraction of sp³-hybridized carbons (Fsp3) is 0.462. The van der Waals surface area contributed by atoms with Crippen molar-refractivity contribution in [3.63, 3.8) is 0 Å². The first-order valence-electron chi connectivity index (χ1n) is 5.78. The lowest BCUT2D eigenvalue weighted by Gasteiger charge is -2.13. The minimum Gasteiger partial charge on any atom is -0.396 e. The predicted octanol–water partition coefficient (Wildman–Crippen LogP) is 1.09. The molecule has 1 rings (SSSR count). The molecule has 2 N–H and O–H groups in total. The van der Waals surface area contributed by atoms with E-state index < -0.39 is 6.10 Å². The number of ether oxygens (including phenoxy) is 1. The van der Waals surface area contributed by atoms with Crippen LogP contribution in [0.5, 0.6) is 0 Å². The number of carbonyl (C=O) groups excluding carboxylic acids is 1. The van der Waals surface area contributed by atoms with Gasteiger partial charge in [0.25, 0.3) is 0 Å². The highest BCUT2D eigenvalue weighted by atomic mass is 16.5. The molecule has 0 spiro atoms. The van der Waals surface area contributed by atoms with E-state index in [-0.39, 0.29) is 12.5 Å². The summed E-state index contributed by atoms with van der Waals surface area (Å²) in [6, 6.07) is 9.72. The quantitative estimate of drug-likeness (QED) is 0.698. The second kappa shape index (κ2) is 7.81. The van der Waals surface area contributed by atoms with E-state index in [1.54, 1.807) is 6.92 Å². The van der Waals surface area contributed by atoms with E-state index >= 15 is 0 Å². The molecule has 0 aliphatic carbocycles. The van der Waals surface area contributed by atoms with Gasteiger partial charge in [-0.25, -0.2) is 0 Å². The van der Waals surface area contributed by atoms with Gasteiger partial charge < -0.3 is 15.2 Å². The number of nitrogens with one attached hydrogen (secondary N) is 1. The van der Waals surface area contributed by atoms with E-state index in [1.807, 2.05) is 30.3 Å². The summed E-state index contributed by atoms with van der Waals surface area (Å²) in [4.78, 5) is 11.5. The number of hydrogen-bond acceptors (Lipinski definition) is 3. The summed E-state index contributed by atoms with van der Waals surface area (Å²) in [5, 5.41) is 11.3. The molecule has 0 saturated carbocycles. The second-order valence-corrected chi connectivity index (χ2v) is 3.81. The van der Waals surface area contributed by atoms with Gasteiger partial charge in [-0.05, 0) is 18.9 Å². The summed E-state index contributed by atoms with van der Waals surface area (Å²) in [5.74, 6) is -0.144. The van der Waals surface area contributed by atoms with E-state index in [4.69, 9.17) is 9.84 Å². The fourth-order valence-electron chi connectivity index (χ4n) is 1.31. The van der Waals surface area contributed by atoms with Crippen LogP contribution in [0.15, 0.2) is 30.3 Å². The van der Waals surface area contributed by atoms with E-state index in [0.29, 0.717) is 19.6 Å². The molecule has 1 atom stereocenters. The van der Waals surface area contributed by atoms with Gasteiger partial charge in [0.15, 0.2) is 0 Å². The molecule has 0 radical (unpaired) electrons. The van der Waals surface area contributed by atoms with Gasteiger partial charge in [-0.2, -0.15) is 0 Å². The Morgan fingerprint density at radius 3 is 2.76 bits per heavy atom. The van der Waals surface area contributed by atoms with Crippen LogP contribution in [0.2, 0.25) is 0 Å². The molecule has 17 heavy (non-hydrogen) atoms. The van der Waals surface area contributed by atoms with Gasteiger partial charge in [-0.1, -0.05) is 30.3 Å². The lowest BCUT2D eigenvalue weighted by molar-refractivity contribution is -0.132. The second-order valence-electron chi connectivity index (χ2n) is 3.81. The normalized spacial score (nSPS) is 12.1.